The molecule has 0 amide bonds. The van der Waals surface area contributed by atoms with E-state index in [0.717, 1.165) is 24.7 Å². The fourth-order valence-corrected chi connectivity index (χ4v) is 3.15. The number of carbonyl (C=O) groups is 2. The van der Waals surface area contributed by atoms with Gasteiger partial charge in [-0.15, -0.1) is 0 Å². The van der Waals surface area contributed by atoms with Crippen LogP contribution < -0.4 is 0 Å². The van der Waals surface area contributed by atoms with E-state index in [9.17, 15) is 9.59 Å². The summed E-state index contributed by atoms with van der Waals surface area (Å²) in [5, 5.41) is 0. The van der Waals surface area contributed by atoms with Gasteiger partial charge in [-0.3, -0.25) is 9.59 Å². The first-order valence-electron chi connectivity index (χ1n) is 10.6. The summed E-state index contributed by atoms with van der Waals surface area (Å²) in [5.74, 6) is 1.17. The Labute approximate surface area is 156 Å². The third kappa shape index (κ3) is 16.4. The average Bonchev–Trinajstić information content (AvgIpc) is 2.52. The highest BCUT2D eigenvalue weighted by Crippen LogP contribution is 2.23. The Hall–Kier alpha value is -0.860. The topological polar surface area (TPSA) is 43.4 Å². The summed E-state index contributed by atoms with van der Waals surface area (Å²) < 4.78 is 4.87. The first kappa shape index (κ1) is 24.1. The van der Waals surface area contributed by atoms with Gasteiger partial charge in [0.15, 0.2) is 0 Å². The molecule has 148 valence electrons. The van der Waals surface area contributed by atoms with Crippen LogP contribution in [0.1, 0.15) is 112 Å². The minimum absolute atomic E-state index is 0.265. The van der Waals surface area contributed by atoms with E-state index < -0.39 is 5.97 Å². The van der Waals surface area contributed by atoms with E-state index >= 15 is 0 Å². The van der Waals surface area contributed by atoms with Crippen molar-refractivity contribution in [2.24, 2.45) is 17.8 Å². The fourth-order valence-electron chi connectivity index (χ4n) is 3.15. The second-order valence-corrected chi connectivity index (χ2v) is 8.33. The Balaban J connectivity index is 4.16. The van der Waals surface area contributed by atoms with E-state index in [-0.39, 0.29) is 12.4 Å². The molecule has 0 aliphatic rings. The van der Waals surface area contributed by atoms with E-state index in [1.54, 1.807) is 6.92 Å². The lowest BCUT2D eigenvalue weighted by molar-refractivity contribution is -0.160. The monoisotopic (exact) mass is 354 g/mol. The zero-order chi connectivity index (χ0) is 19.1. The third-order valence-corrected chi connectivity index (χ3v) is 4.76. The van der Waals surface area contributed by atoms with Gasteiger partial charge < -0.3 is 4.74 Å². The molecule has 0 radical (unpaired) electrons. The number of esters is 2. The molecule has 0 aromatic carbocycles. The molecule has 0 rings (SSSR count). The highest BCUT2D eigenvalue weighted by atomic mass is 16.6. The Bertz CT molecular complexity index is 329. The summed E-state index contributed by atoms with van der Waals surface area (Å²) in [6.07, 6.45) is 12.8. The molecule has 0 spiro atoms. The summed E-state index contributed by atoms with van der Waals surface area (Å²) in [4.78, 5) is 23.2. The van der Waals surface area contributed by atoms with Crippen LogP contribution in [-0.2, 0) is 14.3 Å². The number of unbranched alkanes of at least 4 members (excludes halogenated alkanes) is 4. The maximum Gasteiger partial charge on any atom is 0.313 e. The molecule has 0 saturated carbocycles. The predicted molar refractivity (Wildman–Crippen MR) is 105 cm³/mol. The lowest BCUT2D eigenvalue weighted by Crippen LogP contribution is -2.15. The standard InChI is InChI=1S/C22H42O3/c1-6-21(23)25-22(24)17-20(15-11-7-9-13-18(2)3)16-12-8-10-14-19(4)5/h18-20H,6-17H2,1-5H3. The van der Waals surface area contributed by atoms with Crippen molar-refractivity contribution >= 4 is 11.9 Å². The van der Waals surface area contributed by atoms with Gasteiger partial charge in [0.1, 0.15) is 0 Å². The molecular weight excluding hydrogens is 312 g/mol. The van der Waals surface area contributed by atoms with Crippen LogP contribution in [0.4, 0.5) is 0 Å². The first-order valence-corrected chi connectivity index (χ1v) is 10.6. The maximum absolute atomic E-state index is 11.9. The molecule has 0 aromatic heterocycles. The summed E-state index contributed by atoms with van der Waals surface area (Å²) >= 11 is 0. The second kappa shape index (κ2) is 15.4. The molecule has 0 atom stereocenters. The number of carbonyl (C=O) groups excluding carboxylic acids is 2. The molecule has 0 aliphatic carbocycles. The Kier molecular flexibility index (Phi) is 14.9. The fraction of sp³-hybridized carbons (Fsp3) is 0.909. The number of hydrogen-bond acceptors (Lipinski definition) is 3. The summed E-state index contributed by atoms with van der Waals surface area (Å²) in [6.45, 7) is 10.8. The van der Waals surface area contributed by atoms with Gasteiger partial charge in [-0.05, 0) is 30.6 Å². The third-order valence-electron chi connectivity index (χ3n) is 4.76. The van der Waals surface area contributed by atoms with Crippen molar-refractivity contribution in [1.82, 2.24) is 0 Å². The molecular formula is C22H42O3. The van der Waals surface area contributed by atoms with Crippen LogP contribution in [0.15, 0.2) is 0 Å². The van der Waals surface area contributed by atoms with Crippen LogP contribution >= 0.6 is 0 Å². The SMILES string of the molecule is CCC(=O)OC(=O)CC(CCCCCC(C)C)CCCCCC(C)C. The van der Waals surface area contributed by atoms with E-state index in [0.29, 0.717) is 12.3 Å². The summed E-state index contributed by atoms with van der Waals surface area (Å²) in [5.41, 5.74) is 0. The lowest BCUT2D eigenvalue weighted by atomic mass is 9.91. The molecule has 0 unspecified atom stereocenters. The van der Waals surface area contributed by atoms with E-state index in [4.69, 9.17) is 4.74 Å². The van der Waals surface area contributed by atoms with Crippen molar-refractivity contribution in [3.63, 3.8) is 0 Å². The van der Waals surface area contributed by atoms with Gasteiger partial charge >= 0.3 is 11.9 Å². The quantitative estimate of drug-likeness (QED) is 0.187. The van der Waals surface area contributed by atoms with Gasteiger partial charge in [-0.25, -0.2) is 0 Å². The van der Waals surface area contributed by atoms with Gasteiger partial charge in [0, 0.05) is 12.8 Å². The highest BCUT2D eigenvalue weighted by Gasteiger charge is 2.17. The molecule has 0 bridgehead atoms. The molecule has 25 heavy (non-hydrogen) atoms. The van der Waals surface area contributed by atoms with Crippen molar-refractivity contribution in [1.29, 1.82) is 0 Å². The van der Waals surface area contributed by atoms with Crippen molar-refractivity contribution in [3.05, 3.63) is 0 Å². The molecule has 0 aromatic rings. The Morgan fingerprint density at radius 3 is 1.52 bits per heavy atom. The van der Waals surface area contributed by atoms with Crippen molar-refractivity contribution < 1.29 is 14.3 Å². The zero-order valence-electron chi connectivity index (χ0n) is 17.4. The van der Waals surface area contributed by atoms with Crippen LogP contribution in [0, 0.1) is 17.8 Å². The Morgan fingerprint density at radius 2 is 1.12 bits per heavy atom. The summed E-state index contributed by atoms with van der Waals surface area (Å²) in [6, 6.07) is 0. The Morgan fingerprint density at radius 1 is 0.680 bits per heavy atom. The van der Waals surface area contributed by atoms with Crippen molar-refractivity contribution in [2.75, 3.05) is 0 Å². The van der Waals surface area contributed by atoms with Gasteiger partial charge in [-0.1, -0.05) is 86.0 Å². The van der Waals surface area contributed by atoms with E-state index in [1.165, 1.54) is 51.4 Å². The molecule has 0 heterocycles. The average molecular weight is 355 g/mol. The largest absolute Gasteiger partial charge is 0.393 e. The molecule has 3 nitrogen and oxygen atoms in total. The number of hydrogen-bond donors (Lipinski definition) is 0. The van der Waals surface area contributed by atoms with Gasteiger partial charge in [0.05, 0.1) is 0 Å². The molecule has 0 saturated heterocycles. The van der Waals surface area contributed by atoms with E-state index in [1.807, 2.05) is 0 Å². The van der Waals surface area contributed by atoms with Crippen molar-refractivity contribution in [2.45, 2.75) is 112 Å². The first-order chi connectivity index (χ1) is 11.8. The van der Waals surface area contributed by atoms with Gasteiger partial charge in [-0.2, -0.15) is 0 Å². The normalized spacial score (nSPS) is 11.5. The van der Waals surface area contributed by atoms with Crippen LogP contribution in [0.5, 0.6) is 0 Å². The minimum Gasteiger partial charge on any atom is -0.393 e. The molecule has 0 N–H and O–H groups in total. The van der Waals surface area contributed by atoms with Gasteiger partial charge in [0.25, 0.3) is 0 Å². The molecule has 3 heteroatoms. The van der Waals surface area contributed by atoms with Crippen LogP contribution in [0.2, 0.25) is 0 Å². The number of ether oxygens (including phenoxy) is 1. The minimum atomic E-state index is -0.405. The maximum atomic E-state index is 11.9. The summed E-state index contributed by atoms with van der Waals surface area (Å²) in [7, 11) is 0. The predicted octanol–water partition coefficient (Wildman–Crippen LogP) is 6.69. The van der Waals surface area contributed by atoms with Gasteiger partial charge in [0.2, 0.25) is 0 Å². The molecule has 0 aliphatic heterocycles. The zero-order valence-corrected chi connectivity index (χ0v) is 17.4. The second-order valence-electron chi connectivity index (χ2n) is 8.33. The smallest absolute Gasteiger partial charge is 0.313 e. The van der Waals surface area contributed by atoms with Crippen LogP contribution in [0.25, 0.3) is 0 Å². The molecule has 0 fully saturated rings. The lowest BCUT2D eigenvalue weighted by Gasteiger charge is -2.16. The van der Waals surface area contributed by atoms with Crippen molar-refractivity contribution in [3.8, 4) is 0 Å². The van der Waals surface area contributed by atoms with E-state index in [2.05, 4.69) is 27.7 Å². The number of rotatable bonds is 15. The van der Waals surface area contributed by atoms with Crippen LogP contribution in [0.3, 0.4) is 0 Å². The highest BCUT2D eigenvalue weighted by molar-refractivity contribution is 5.85. The van der Waals surface area contributed by atoms with Crippen LogP contribution in [-0.4, -0.2) is 11.9 Å².